The lowest BCUT2D eigenvalue weighted by atomic mass is 10.1. The molecular weight excluding hydrogens is 330 g/mol. The molecule has 1 aromatic heterocycles. The molecule has 2 N–H and O–H groups in total. The van der Waals surface area contributed by atoms with E-state index in [-0.39, 0.29) is 23.8 Å². The minimum atomic E-state index is -0.518. The molecule has 6 nitrogen and oxygen atoms in total. The molecule has 3 aromatic rings. The molecule has 26 heavy (non-hydrogen) atoms. The zero-order chi connectivity index (χ0) is 18.5. The maximum atomic E-state index is 12.8. The predicted octanol–water partition coefficient (Wildman–Crippen LogP) is 2.92. The first-order chi connectivity index (χ1) is 12.6. The van der Waals surface area contributed by atoms with Crippen LogP contribution in [0.4, 0.5) is 5.69 Å². The van der Waals surface area contributed by atoms with Crippen LogP contribution >= 0.6 is 0 Å². The van der Waals surface area contributed by atoms with Gasteiger partial charge in [-0.15, -0.1) is 0 Å². The normalized spacial score (nSPS) is 10.5. The summed E-state index contributed by atoms with van der Waals surface area (Å²) < 4.78 is 6.58. The number of carbonyl (C=O) groups is 2. The van der Waals surface area contributed by atoms with E-state index in [1.807, 2.05) is 30.3 Å². The topological polar surface area (TPSA) is 87.2 Å². The van der Waals surface area contributed by atoms with Gasteiger partial charge in [0.25, 0.3) is 0 Å². The number of hydrogen-bond donors (Lipinski definition) is 1. The van der Waals surface area contributed by atoms with Crippen molar-refractivity contribution in [3.8, 4) is 0 Å². The Morgan fingerprint density at radius 3 is 2.46 bits per heavy atom. The molecule has 0 amide bonds. The lowest BCUT2D eigenvalue weighted by molar-refractivity contribution is 0.0512. The van der Waals surface area contributed by atoms with E-state index in [1.165, 1.54) is 10.7 Å². The molecule has 2 aromatic carbocycles. The number of anilines is 1. The van der Waals surface area contributed by atoms with Crippen molar-refractivity contribution in [3.63, 3.8) is 0 Å². The minimum Gasteiger partial charge on any atom is -0.461 e. The molecule has 0 aliphatic heterocycles. The highest BCUT2D eigenvalue weighted by Crippen LogP contribution is 2.18. The number of ether oxygens (including phenoxy) is 1. The Hall–Kier alpha value is -3.41. The molecule has 3 rings (SSSR count). The van der Waals surface area contributed by atoms with Crippen LogP contribution in [-0.4, -0.2) is 28.1 Å². The number of nitrogen functional groups attached to an aromatic ring is 1. The quantitative estimate of drug-likeness (QED) is 0.420. The Labute approximate surface area is 151 Å². The maximum absolute atomic E-state index is 12.8. The standard InChI is InChI=1S/C20H19N3O3/c1-2-26-20(25)18-12-17(19(24)15-10-6-7-11-16(15)21)22-23(18)13-14-8-4-3-5-9-14/h3-12H,2,13,21H2,1H3. The first-order valence-electron chi connectivity index (χ1n) is 8.28. The second-order valence-corrected chi connectivity index (χ2v) is 5.69. The molecule has 0 saturated carbocycles. The summed E-state index contributed by atoms with van der Waals surface area (Å²) in [5.41, 5.74) is 7.95. The van der Waals surface area contributed by atoms with Crippen LogP contribution in [0.5, 0.6) is 0 Å². The number of esters is 1. The number of carbonyl (C=O) groups excluding carboxylic acids is 2. The van der Waals surface area contributed by atoms with E-state index in [0.717, 1.165) is 5.56 Å². The van der Waals surface area contributed by atoms with Gasteiger partial charge < -0.3 is 10.5 Å². The minimum absolute atomic E-state index is 0.155. The molecule has 0 bridgehead atoms. The highest BCUT2D eigenvalue weighted by atomic mass is 16.5. The summed E-state index contributed by atoms with van der Waals surface area (Å²) >= 11 is 0. The fourth-order valence-electron chi connectivity index (χ4n) is 2.62. The molecule has 6 heteroatoms. The van der Waals surface area contributed by atoms with E-state index in [4.69, 9.17) is 10.5 Å². The van der Waals surface area contributed by atoms with Gasteiger partial charge in [0.1, 0.15) is 11.4 Å². The van der Waals surface area contributed by atoms with Crippen LogP contribution in [-0.2, 0) is 11.3 Å². The average Bonchev–Trinajstić information content (AvgIpc) is 3.06. The molecular formula is C20H19N3O3. The molecule has 0 aliphatic rings. The summed E-state index contributed by atoms with van der Waals surface area (Å²) in [6.45, 7) is 2.32. The van der Waals surface area contributed by atoms with Crippen LogP contribution in [0.3, 0.4) is 0 Å². The highest BCUT2D eigenvalue weighted by Gasteiger charge is 2.22. The van der Waals surface area contributed by atoms with E-state index >= 15 is 0 Å². The Morgan fingerprint density at radius 1 is 1.08 bits per heavy atom. The molecule has 0 unspecified atom stereocenters. The number of benzene rings is 2. The van der Waals surface area contributed by atoms with Crippen molar-refractivity contribution in [3.05, 3.63) is 83.2 Å². The van der Waals surface area contributed by atoms with Crippen LogP contribution in [0.2, 0.25) is 0 Å². The highest BCUT2D eigenvalue weighted by molar-refractivity contribution is 6.11. The van der Waals surface area contributed by atoms with E-state index < -0.39 is 5.97 Å². The largest absolute Gasteiger partial charge is 0.461 e. The lowest BCUT2D eigenvalue weighted by Crippen LogP contribution is -2.14. The SMILES string of the molecule is CCOC(=O)c1cc(C(=O)c2ccccc2N)nn1Cc1ccccc1. The summed E-state index contributed by atoms with van der Waals surface area (Å²) in [4.78, 5) is 25.0. The third-order valence-electron chi connectivity index (χ3n) is 3.88. The Kier molecular flexibility index (Phi) is 5.12. The smallest absolute Gasteiger partial charge is 0.356 e. The number of rotatable bonds is 6. The van der Waals surface area contributed by atoms with E-state index in [9.17, 15) is 9.59 Å². The van der Waals surface area contributed by atoms with Gasteiger partial charge in [0.15, 0.2) is 0 Å². The summed E-state index contributed by atoms with van der Waals surface area (Å²) in [6, 6.07) is 17.8. The fourth-order valence-corrected chi connectivity index (χ4v) is 2.62. The molecule has 132 valence electrons. The molecule has 0 saturated heterocycles. The van der Waals surface area contributed by atoms with Crippen LogP contribution < -0.4 is 5.73 Å². The number of hydrogen-bond acceptors (Lipinski definition) is 5. The number of nitrogens with two attached hydrogens (primary N) is 1. The van der Waals surface area contributed by atoms with Gasteiger partial charge in [-0.3, -0.25) is 9.48 Å². The van der Waals surface area contributed by atoms with Gasteiger partial charge in [0, 0.05) is 17.3 Å². The van der Waals surface area contributed by atoms with Gasteiger partial charge in [-0.05, 0) is 24.6 Å². The van der Waals surface area contributed by atoms with E-state index in [2.05, 4.69) is 5.10 Å². The second kappa shape index (κ2) is 7.65. The molecule has 0 aliphatic carbocycles. The monoisotopic (exact) mass is 349 g/mol. The Balaban J connectivity index is 1.99. The Bertz CT molecular complexity index is 932. The van der Waals surface area contributed by atoms with Crippen molar-refractivity contribution in [2.24, 2.45) is 0 Å². The second-order valence-electron chi connectivity index (χ2n) is 5.69. The molecule has 0 atom stereocenters. The molecule has 0 fully saturated rings. The molecule has 0 spiro atoms. The fraction of sp³-hybridized carbons (Fsp3) is 0.150. The van der Waals surface area contributed by atoms with Crippen molar-refractivity contribution in [1.29, 1.82) is 0 Å². The first kappa shape index (κ1) is 17.4. The van der Waals surface area contributed by atoms with Gasteiger partial charge in [0.2, 0.25) is 5.78 Å². The van der Waals surface area contributed by atoms with Gasteiger partial charge in [-0.25, -0.2) is 4.79 Å². The van der Waals surface area contributed by atoms with Crippen molar-refractivity contribution >= 4 is 17.4 Å². The summed E-state index contributed by atoms with van der Waals surface area (Å²) in [6.07, 6.45) is 0. The van der Waals surface area contributed by atoms with Crippen LogP contribution in [0.1, 0.15) is 39.0 Å². The third-order valence-corrected chi connectivity index (χ3v) is 3.88. The van der Waals surface area contributed by atoms with E-state index in [1.54, 1.807) is 31.2 Å². The predicted molar refractivity (Wildman–Crippen MR) is 98.0 cm³/mol. The first-order valence-corrected chi connectivity index (χ1v) is 8.28. The summed E-state index contributed by atoms with van der Waals surface area (Å²) in [5.74, 6) is -0.850. The van der Waals surface area contributed by atoms with Gasteiger partial charge >= 0.3 is 5.97 Å². The molecule has 0 radical (unpaired) electrons. The number of para-hydroxylation sites is 1. The number of aromatic nitrogens is 2. The summed E-state index contributed by atoms with van der Waals surface area (Å²) in [7, 11) is 0. The van der Waals surface area contributed by atoms with Gasteiger partial charge in [-0.2, -0.15) is 5.10 Å². The maximum Gasteiger partial charge on any atom is 0.356 e. The third kappa shape index (κ3) is 3.64. The van der Waals surface area contributed by atoms with Crippen molar-refractivity contribution in [2.75, 3.05) is 12.3 Å². The van der Waals surface area contributed by atoms with Crippen molar-refractivity contribution in [1.82, 2.24) is 9.78 Å². The zero-order valence-electron chi connectivity index (χ0n) is 14.4. The average molecular weight is 349 g/mol. The molecule has 1 heterocycles. The zero-order valence-corrected chi connectivity index (χ0v) is 14.4. The van der Waals surface area contributed by atoms with Crippen LogP contribution in [0.15, 0.2) is 60.7 Å². The lowest BCUT2D eigenvalue weighted by Gasteiger charge is -2.06. The van der Waals surface area contributed by atoms with Crippen molar-refractivity contribution in [2.45, 2.75) is 13.5 Å². The number of ketones is 1. The van der Waals surface area contributed by atoms with Crippen molar-refractivity contribution < 1.29 is 14.3 Å². The Morgan fingerprint density at radius 2 is 1.77 bits per heavy atom. The number of nitrogens with zero attached hydrogens (tertiary/aromatic N) is 2. The van der Waals surface area contributed by atoms with Gasteiger partial charge in [-0.1, -0.05) is 42.5 Å². The van der Waals surface area contributed by atoms with E-state index in [0.29, 0.717) is 17.8 Å². The van der Waals surface area contributed by atoms with Crippen LogP contribution in [0.25, 0.3) is 0 Å². The van der Waals surface area contributed by atoms with Crippen LogP contribution in [0, 0.1) is 0 Å². The van der Waals surface area contributed by atoms with Gasteiger partial charge in [0.05, 0.1) is 13.2 Å². The summed E-state index contributed by atoms with van der Waals surface area (Å²) in [5, 5.41) is 4.34.